The molecule has 0 spiro atoms. The minimum atomic E-state index is 0.311. The summed E-state index contributed by atoms with van der Waals surface area (Å²) in [7, 11) is 1.77. The molecule has 0 radical (unpaired) electrons. The third kappa shape index (κ3) is 2.80. The molecule has 1 aromatic carbocycles. The van der Waals surface area contributed by atoms with E-state index in [2.05, 4.69) is 26.9 Å². The summed E-state index contributed by atoms with van der Waals surface area (Å²) < 4.78 is 6.40. The molecule has 0 saturated carbocycles. The van der Waals surface area contributed by atoms with Crippen molar-refractivity contribution in [3.63, 3.8) is 0 Å². The quantitative estimate of drug-likeness (QED) is 0.841. The molecule has 2 rings (SSSR count). The molecule has 4 heteroatoms. The summed E-state index contributed by atoms with van der Waals surface area (Å²) >= 11 is 3.53. The summed E-state index contributed by atoms with van der Waals surface area (Å²) in [6, 6.07) is 7.87. The lowest BCUT2D eigenvalue weighted by atomic mass is 10.1. The molecule has 0 N–H and O–H groups in total. The second kappa shape index (κ2) is 5.52. The zero-order chi connectivity index (χ0) is 12.3. The molecular formula is C13H15BrN2O. The van der Waals surface area contributed by atoms with Gasteiger partial charge in [-0.15, -0.1) is 0 Å². The summed E-state index contributed by atoms with van der Waals surface area (Å²) in [4.78, 5) is 2.31. The molecule has 1 heterocycles. The Bertz CT molecular complexity index is 442. The van der Waals surface area contributed by atoms with Gasteiger partial charge in [-0.1, -0.05) is 0 Å². The maximum absolute atomic E-state index is 8.84. The number of anilines is 1. The number of benzene rings is 1. The van der Waals surface area contributed by atoms with E-state index >= 15 is 0 Å². The predicted octanol–water partition coefficient (Wildman–Crippen LogP) is 2.94. The van der Waals surface area contributed by atoms with Gasteiger partial charge >= 0.3 is 0 Å². The summed E-state index contributed by atoms with van der Waals surface area (Å²) in [6.07, 6.45) is 2.58. The van der Waals surface area contributed by atoms with Crippen LogP contribution in [0.3, 0.4) is 0 Å². The van der Waals surface area contributed by atoms with Crippen molar-refractivity contribution >= 4 is 21.6 Å². The van der Waals surface area contributed by atoms with E-state index in [0.717, 1.165) is 36.1 Å². The van der Waals surface area contributed by atoms with Crippen LogP contribution in [-0.2, 0) is 4.74 Å². The second-order valence-corrected chi connectivity index (χ2v) is 5.08. The van der Waals surface area contributed by atoms with Crippen LogP contribution in [0.4, 0.5) is 5.69 Å². The Balaban J connectivity index is 2.19. The number of halogens is 1. The van der Waals surface area contributed by atoms with Gasteiger partial charge in [0.25, 0.3) is 0 Å². The van der Waals surface area contributed by atoms with E-state index in [-0.39, 0.29) is 0 Å². The fourth-order valence-corrected chi connectivity index (χ4v) is 2.81. The van der Waals surface area contributed by atoms with E-state index in [1.54, 1.807) is 7.11 Å². The third-order valence-corrected chi connectivity index (χ3v) is 3.76. The Labute approximate surface area is 110 Å². The van der Waals surface area contributed by atoms with E-state index in [9.17, 15) is 0 Å². The standard InChI is InChI=1S/C13H15BrN2O/c1-17-11-3-2-6-16(9-11)13-5-4-10(8-15)7-12(13)14/h4-5,7,11H,2-3,6,9H2,1H3. The number of hydrogen-bond donors (Lipinski definition) is 0. The molecular weight excluding hydrogens is 280 g/mol. The number of nitrogens with zero attached hydrogens (tertiary/aromatic N) is 2. The minimum absolute atomic E-state index is 0.311. The van der Waals surface area contributed by atoms with E-state index in [1.807, 2.05) is 18.2 Å². The van der Waals surface area contributed by atoms with Gasteiger partial charge < -0.3 is 9.64 Å². The molecule has 1 aliphatic heterocycles. The van der Waals surface area contributed by atoms with E-state index < -0.39 is 0 Å². The first-order chi connectivity index (χ1) is 8.24. The maximum Gasteiger partial charge on any atom is 0.0992 e. The van der Waals surface area contributed by atoms with Crippen molar-refractivity contribution < 1.29 is 4.74 Å². The van der Waals surface area contributed by atoms with Gasteiger partial charge in [0, 0.05) is 24.7 Å². The van der Waals surface area contributed by atoms with Gasteiger partial charge in [0.2, 0.25) is 0 Å². The molecule has 0 aromatic heterocycles. The van der Waals surface area contributed by atoms with Gasteiger partial charge in [0.1, 0.15) is 0 Å². The molecule has 90 valence electrons. The molecule has 1 saturated heterocycles. The van der Waals surface area contributed by atoms with Crippen molar-refractivity contribution in [2.45, 2.75) is 18.9 Å². The van der Waals surface area contributed by atoms with Crippen LogP contribution in [0.1, 0.15) is 18.4 Å². The lowest BCUT2D eigenvalue weighted by Crippen LogP contribution is -2.39. The Hall–Kier alpha value is -1.05. The van der Waals surface area contributed by atoms with Crippen LogP contribution in [0.15, 0.2) is 22.7 Å². The van der Waals surface area contributed by atoms with Gasteiger partial charge in [-0.2, -0.15) is 5.26 Å². The van der Waals surface area contributed by atoms with Crippen LogP contribution in [0, 0.1) is 11.3 Å². The average Bonchev–Trinajstić information content (AvgIpc) is 2.38. The van der Waals surface area contributed by atoms with Crippen LogP contribution < -0.4 is 4.90 Å². The smallest absolute Gasteiger partial charge is 0.0992 e. The Morgan fingerprint density at radius 3 is 3.00 bits per heavy atom. The van der Waals surface area contributed by atoms with Crippen LogP contribution in [0.25, 0.3) is 0 Å². The fourth-order valence-electron chi connectivity index (χ4n) is 2.18. The SMILES string of the molecule is COC1CCCN(c2ccc(C#N)cc2Br)C1. The van der Waals surface area contributed by atoms with Gasteiger partial charge in [0.05, 0.1) is 23.4 Å². The highest BCUT2D eigenvalue weighted by Crippen LogP contribution is 2.29. The third-order valence-electron chi connectivity index (χ3n) is 3.13. The Morgan fingerprint density at radius 1 is 1.53 bits per heavy atom. The molecule has 1 atom stereocenters. The maximum atomic E-state index is 8.84. The predicted molar refractivity (Wildman–Crippen MR) is 71.1 cm³/mol. The number of rotatable bonds is 2. The highest BCUT2D eigenvalue weighted by atomic mass is 79.9. The first-order valence-corrected chi connectivity index (χ1v) is 6.51. The molecule has 1 fully saturated rings. The second-order valence-electron chi connectivity index (χ2n) is 4.22. The lowest BCUT2D eigenvalue weighted by molar-refractivity contribution is 0.0893. The zero-order valence-electron chi connectivity index (χ0n) is 9.82. The summed E-state index contributed by atoms with van der Waals surface area (Å²) in [6.45, 7) is 1.96. The van der Waals surface area contributed by atoms with E-state index in [4.69, 9.17) is 10.00 Å². The van der Waals surface area contributed by atoms with Crippen LogP contribution in [0.5, 0.6) is 0 Å². The van der Waals surface area contributed by atoms with Crippen molar-refractivity contribution in [2.24, 2.45) is 0 Å². The largest absolute Gasteiger partial charge is 0.380 e. The summed E-state index contributed by atoms with van der Waals surface area (Å²) in [5.41, 5.74) is 1.83. The molecule has 1 aromatic rings. The Kier molecular flexibility index (Phi) is 4.03. The molecule has 3 nitrogen and oxygen atoms in total. The lowest BCUT2D eigenvalue weighted by Gasteiger charge is -2.34. The van der Waals surface area contributed by atoms with E-state index in [1.165, 1.54) is 0 Å². The number of piperidine rings is 1. The van der Waals surface area contributed by atoms with Crippen LogP contribution in [0.2, 0.25) is 0 Å². The minimum Gasteiger partial charge on any atom is -0.380 e. The topological polar surface area (TPSA) is 36.3 Å². The molecule has 17 heavy (non-hydrogen) atoms. The Morgan fingerprint density at radius 2 is 2.35 bits per heavy atom. The first kappa shape index (κ1) is 12.4. The highest BCUT2D eigenvalue weighted by Gasteiger charge is 2.21. The monoisotopic (exact) mass is 294 g/mol. The summed E-state index contributed by atoms with van der Waals surface area (Å²) in [5, 5.41) is 8.84. The molecule has 0 aliphatic carbocycles. The number of methoxy groups -OCH3 is 1. The fraction of sp³-hybridized carbons (Fsp3) is 0.462. The first-order valence-electron chi connectivity index (χ1n) is 5.72. The van der Waals surface area contributed by atoms with Gasteiger partial charge in [-0.25, -0.2) is 0 Å². The normalized spacial score (nSPS) is 20.1. The molecule has 0 bridgehead atoms. The highest BCUT2D eigenvalue weighted by molar-refractivity contribution is 9.10. The van der Waals surface area contributed by atoms with Crippen molar-refractivity contribution in [3.8, 4) is 6.07 Å². The van der Waals surface area contributed by atoms with Gasteiger partial charge in [-0.3, -0.25) is 0 Å². The summed E-state index contributed by atoms with van der Waals surface area (Å²) in [5.74, 6) is 0. The number of nitriles is 1. The van der Waals surface area contributed by atoms with Gasteiger partial charge in [0.15, 0.2) is 0 Å². The van der Waals surface area contributed by atoms with Crippen LogP contribution in [-0.4, -0.2) is 26.3 Å². The zero-order valence-corrected chi connectivity index (χ0v) is 11.4. The molecule has 1 unspecified atom stereocenters. The number of ether oxygens (including phenoxy) is 1. The number of hydrogen-bond acceptors (Lipinski definition) is 3. The van der Waals surface area contributed by atoms with Gasteiger partial charge in [-0.05, 0) is 47.0 Å². The van der Waals surface area contributed by atoms with Crippen molar-refractivity contribution in [1.29, 1.82) is 5.26 Å². The van der Waals surface area contributed by atoms with Crippen molar-refractivity contribution in [2.75, 3.05) is 25.1 Å². The van der Waals surface area contributed by atoms with E-state index in [0.29, 0.717) is 11.7 Å². The van der Waals surface area contributed by atoms with Crippen LogP contribution >= 0.6 is 15.9 Å². The van der Waals surface area contributed by atoms with Crippen molar-refractivity contribution in [1.82, 2.24) is 0 Å². The van der Waals surface area contributed by atoms with Crippen molar-refractivity contribution in [3.05, 3.63) is 28.2 Å². The molecule has 1 aliphatic rings. The average molecular weight is 295 g/mol. The molecule has 0 amide bonds.